The third-order valence-corrected chi connectivity index (χ3v) is 5.75. The Labute approximate surface area is 210 Å². The van der Waals surface area contributed by atoms with Crippen LogP contribution >= 0.6 is 0 Å². The maximum absolute atomic E-state index is 13.4. The first kappa shape index (κ1) is 17.7. The van der Waals surface area contributed by atoms with Gasteiger partial charge in [0, 0.05) is 26.4 Å². The van der Waals surface area contributed by atoms with E-state index in [-0.39, 0.29) is 12.0 Å². The number of hydrogen-bond donors (Lipinski definition) is 0. The smallest absolute Gasteiger partial charge is 0.190 e. The SMILES string of the molecule is [2H]c1c([2H])c([2H])c2c(c1[2H])C(=O)C(C/C=C(/C)CC/C=C(/C)CC/C=C(/C)CCC=C(C)C)=C(C([2H])([2H])[2H])C2=O. The Hall–Kier alpha value is -2.74. The molecule has 0 atom stereocenters. The monoisotopic (exact) mass is 451 g/mol. The van der Waals surface area contributed by atoms with Gasteiger partial charge in [0.25, 0.3) is 0 Å². The van der Waals surface area contributed by atoms with Crippen molar-refractivity contribution in [2.45, 2.75) is 86.4 Å². The molecule has 0 amide bonds. The van der Waals surface area contributed by atoms with E-state index >= 15 is 0 Å². The van der Waals surface area contributed by atoms with Crippen molar-refractivity contribution in [3.8, 4) is 0 Å². The summed E-state index contributed by atoms with van der Waals surface area (Å²) in [7, 11) is 0. The van der Waals surface area contributed by atoms with Crippen LogP contribution in [0.15, 0.2) is 81.9 Å². The molecule has 2 heteroatoms. The number of hydrogen-bond acceptors (Lipinski definition) is 2. The average molecular weight is 452 g/mol. The summed E-state index contributed by atoms with van der Waals surface area (Å²) in [5.41, 5.74) is 3.02. The van der Waals surface area contributed by atoms with Gasteiger partial charge in [0.15, 0.2) is 11.6 Å². The number of allylic oxidation sites excluding steroid dienone is 10. The lowest BCUT2D eigenvalue weighted by Gasteiger charge is -2.18. The molecule has 0 fully saturated rings. The van der Waals surface area contributed by atoms with Gasteiger partial charge < -0.3 is 0 Å². The Bertz CT molecular complexity index is 1320. The standard InChI is InChI=1S/C31H40O2/c1-22(2)12-9-13-23(3)14-10-15-24(4)16-11-17-25(5)20-21-27-26(6)30(32)28-18-7-8-19-29(28)31(27)33/h7-8,12,14,16,18-20H,9-11,13,15,17,21H2,1-6H3/b23-14-,24-16-,25-20-/i6D3,7D,8D,18D,19D. The van der Waals surface area contributed by atoms with E-state index in [0.717, 1.165) is 37.7 Å². The first-order chi connectivity index (χ1) is 18.6. The lowest BCUT2D eigenvalue weighted by Crippen LogP contribution is -2.20. The summed E-state index contributed by atoms with van der Waals surface area (Å²) in [4.78, 5) is 26.6. The minimum Gasteiger partial charge on any atom is -0.289 e. The summed E-state index contributed by atoms with van der Waals surface area (Å²) in [5.74, 6) is -1.88. The van der Waals surface area contributed by atoms with Crippen molar-refractivity contribution in [3.05, 3.63) is 93.0 Å². The Balaban J connectivity index is 2.14. The molecule has 1 aromatic carbocycles. The summed E-state index contributed by atoms with van der Waals surface area (Å²) < 4.78 is 55.6. The van der Waals surface area contributed by atoms with Crippen molar-refractivity contribution in [1.82, 2.24) is 0 Å². The summed E-state index contributed by atoms with van der Waals surface area (Å²) in [6.07, 6.45) is 13.9. The Morgan fingerprint density at radius 1 is 0.758 bits per heavy atom. The van der Waals surface area contributed by atoms with E-state index in [9.17, 15) is 9.59 Å². The highest BCUT2D eigenvalue weighted by Crippen LogP contribution is 2.28. The van der Waals surface area contributed by atoms with Crippen molar-refractivity contribution in [2.24, 2.45) is 0 Å². The lowest BCUT2D eigenvalue weighted by molar-refractivity contribution is 0.0973. The van der Waals surface area contributed by atoms with E-state index in [1.54, 1.807) is 6.08 Å². The van der Waals surface area contributed by atoms with Gasteiger partial charge >= 0.3 is 0 Å². The maximum Gasteiger partial charge on any atom is 0.190 e. The molecule has 2 rings (SSSR count). The van der Waals surface area contributed by atoms with Crippen LogP contribution in [0.3, 0.4) is 0 Å². The second kappa shape index (κ2) is 13.1. The Morgan fingerprint density at radius 2 is 1.24 bits per heavy atom. The maximum atomic E-state index is 13.4. The third kappa shape index (κ3) is 8.28. The van der Waals surface area contributed by atoms with Gasteiger partial charge in [0.2, 0.25) is 0 Å². The predicted octanol–water partition coefficient (Wildman–Crippen LogP) is 8.92. The van der Waals surface area contributed by atoms with E-state index in [0.29, 0.717) is 6.42 Å². The van der Waals surface area contributed by atoms with Crippen LogP contribution in [0.5, 0.6) is 0 Å². The van der Waals surface area contributed by atoms with Crippen LogP contribution < -0.4 is 0 Å². The molecule has 0 N–H and O–H groups in total. The van der Waals surface area contributed by atoms with Crippen LogP contribution in [-0.2, 0) is 0 Å². The molecule has 0 aliphatic heterocycles. The summed E-state index contributed by atoms with van der Waals surface area (Å²) in [6, 6.07) is -2.64. The van der Waals surface area contributed by atoms with Crippen LogP contribution in [0.25, 0.3) is 0 Å². The largest absolute Gasteiger partial charge is 0.289 e. The quantitative estimate of drug-likeness (QED) is 0.315. The van der Waals surface area contributed by atoms with Crippen LogP contribution in [0, 0.1) is 0 Å². The van der Waals surface area contributed by atoms with Gasteiger partial charge in [0.05, 0.1) is 5.48 Å². The molecule has 0 spiro atoms. The number of ketones is 2. The van der Waals surface area contributed by atoms with Gasteiger partial charge in [-0.2, -0.15) is 0 Å². The molecule has 1 aliphatic rings. The minimum atomic E-state index is -2.91. The normalized spacial score (nSPS) is 18.6. The zero-order valence-electron chi connectivity index (χ0n) is 27.6. The molecule has 1 aliphatic carbocycles. The van der Waals surface area contributed by atoms with E-state index in [1.807, 2.05) is 6.92 Å². The summed E-state index contributed by atoms with van der Waals surface area (Å²) in [5, 5.41) is 0. The van der Waals surface area contributed by atoms with E-state index in [1.165, 1.54) is 16.7 Å². The van der Waals surface area contributed by atoms with Crippen molar-refractivity contribution in [3.63, 3.8) is 0 Å². The lowest BCUT2D eigenvalue weighted by atomic mass is 9.83. The van der Waals surface area contributed by atoms with Gasteiger partial charge in [-0.05, 0) is 86.4 Å². The number of fused-ring (bicyclic) bond motifs is 1. The molecular weight excluding hydrogens is 404 g/mol. The van der Waals surface area contributed by atoms with Gasteiger partial charge in [-0.1, -0.05) is 70.8 Å². The highest BCUT2D eigenvalue weighted by atomic mass is 16.1. The fourth-order valence-electron chi connectivity index (χ4n) is 3.64. The van der Waals surface area contributed by atoms with E-state index in [2.05, 4.69) is 45.9 Å². The molecule has 0 saturated heterocycles. The first-order valence-corrected chi connectivity index (χ1v) is 11.6. The van der Waals surface area contributed by atoms with Crippen LogP contribution in [-0.4, -0.2) is 11.6 Å². The molecule has 0 heterocycles. The minimum absolute atomic E-state index is 0.105. The zero-order chi connectivity index (χ0) is 30.4. The highest BCUT2D eigenvalue weighted by molar-refractivity contribution is 6.26. The summed E-state index contributed by atoms with van der Waals surface area (Å²) >= 11 is 0. The average Bonchev–Trinajstić information content (AvgIpc) is 2.85. The van der Waals surface area contributed by atoms with Gasteiger partial charge in [-0.3, -0.25) is 9.59 Å². The fourth-order valence-corrected chi connectivity index (χ4v) is 3.64. The van der Waals surface area contributed by atoms with Crippen LogP contribution in [0.2, 0.25) is 0 Å². The van der Waals surface area contributed by atoms with E-state index in [4.69, 9.17) is 9.60 Å². The van der Waals surface area contributed by atoms with E-state index < -0.39 is 59.3 Å². The molecule has 0 aromatic heterocycles. The molecule has 33 heavy (non-hydrogen) atoms. The van der Waals surface area contributed by atoms with Crippen molar-refractivity contribution in [1.29, 1.82) is 0 Å². The van der Waals surface area contributed by atoms with Crippen molar-refractivity contribution in [2.75, 3.05) is 0 Å². The Morgan fingerprint density at radius 3 is 1.76 bits per heavy atom. The molecule has 1 aromatic rings. The topological polar surface area (TPSA) is 34.1 Å². The Kier molecular flexibility index (Phi) is 7.02. The molecule has 2 nitrogen and oxygen atoms in total. The van der Waals surface area contributed by atoms with Crippen LogP contribution in [0.4, 0.5) is 0 Å². The molecule has 0 saturated carbocycles. The number of Topliss-reactive ketones (excluding diaryl/α,β-unsaturated/α-hetero) is 2. The second-order valence-corrected chi connectivity index (χ2v) is 9.01. The predicted molar refractivity (Wildman–Crippen MR) is 141 cm³/mol. The molecule has 0 unspecified atom stereocenters. The first-order valence-electron chi connectivity index (χ1n) is 15.1. The van der Waals surface area contributed by atoms with Gasteiger partial charge in [-0.15, -0.1) is 0 Å². The third-order valence-electron chi connectivity index (χ3n) is 5.75. The van der Waals surface area contributed by atoms with Crippen molar-refractivity contribution >= 4 is 11.6 Å². The number of rotatable bonds is 11. The van der Waals surface area contributed by atoms with Gasteiger partial charge in [-0.25, -0.2) is 0 Å². The molecule has 176 valence electrons. The summed E-state index contributed by atoms with van der Waals surface area (Å²) in [6.45, 7) is 7.46. The fraction of sp³-hybridized carbons (Fsp3) is 0.419. The van der Waals surface area contributed by atoms with Crippen molar-refractivity contribution < 1.29 is 19.2 Å². The highest BCUT2D eigenvalue weighted by Gasteiger charge is 2.28. The molecule has 0 radical (unpaired) electrons. The van der Waals surface area contributed by atoms with Crippen LogP contribution in [0.1, 0.15) is 117 Å². The number of benzene rings is 1. The number of carbonyl (C=O) groups excluding carboxylic acids is 2. The molecular formula is C31H40O2. The van der Waals surface area contributed by atoms with Gasteiger partial charge in [0.1, 0.15) is 0 Å². The second-order valence-electron chi connectivity index (χ2n) is 9.01. The molecule has 0 bridgehead atoms. The zero-order valence-corrected chi connectivity index (χ0v) is 20.6. The number of carbonyl (C=O) groups is 2.